The van der Waals surface area contributed by atoms with Crippen molar-refractivity contribution in [2.75, 3.05) is 18.8 Å². The Kier molecular flexibility index (Phi) is 6.43. The van der Waals surface area contributed by atoms with E-state index < -0.39 is 10.0 Å². The molecule has 1 rings (SSSR count). The number of rotatable bonds is 4. The van der Waals surface area contributed by atoms with E-state index in [0.717, 1.165) is 12.8 Å². The van der Waals surface area contributed by atoms with Crippen LogP contribution in [-0.2, 0) is 10.0 Å². The van der Waals surface area contributed by atoms with Crippen molar-refractivity contribution < 1.29 is 8.42 Å². The molecule has 0 aromatic rings. The van der Waals surface area contributed by atoms with Gasteiger partial charge in [0, 0.05) is 19.1 Å². The molecular weight excluding hydrogens is 236 g/mol. The lowest BCUT2D eigenvalue weighted by Crippen LogP contribution is -2.46. The smallest absolute Gasteiger partial charge is 0.214 e. The largest absolute Gasteiger partial charge is 0.327 e. The van der Waals surface area contributed by atoms with Gasteiger partial charge < -0.3 is 5.73 Å². The van der Waals surface area contributed by atoms with Crippen LogP contribution in [0.1, 0.15) is 19.3 Å². The normalized spacial score (nSPS) is 23.1. The third-order valence-electron chi connectivity index (χ3n) is 2.39. The Balaban J connectivity index is 0.00000196. The second-order valence-electron chi connectivity index (χ2n) is 3.65. The van der Waals surface area contributed by atoms with Gasteiger partial charge in [-0.15, -0.1) is 19.0 Å². The second-order valence-corrected chi connectivity index (χ2v) is 5.74. The summed E-state index contributed by atoms with van der Waals surface area (Å²) in [5.74, 6) is 0.156. The molecule has 0 unspecified atom stereocenters. The fourth-order valence-corrected chi connectivity index (χ4v) is 3.14. The molecule has 6 heteroatoms. The first-order valence-corrected chi connectivity index (χ1v) is 6.51. The number of allylic oxidation sites excluding steroid dienone is 1. The average molecular weight is 255 g/mol. The maximum Gasteiger partial charge on any atom is 0.214 e. The molecule has 0 aromatic carbocycles. The van der Waals surface area contributed by atoms with Gasteiger partial charge in [0.15, 0.2) is 0 Å². The summed E-state index contributed by atoms with van der Waals surface area (Å²) < 4.78 is 24.9. The minimum Gasteiger partial charge on any atom is -0.327 e. The van der Waals surface area contributed by atoms with E-state index >= 15 is 0 Å². The number of nitrogens with zero attached hydrogens (tertiary/aromatic N) is 1. The molecule has 1 atom stereocenters. The number of hydrogen-bond donors (Lipinski definition) is 1. The Morgan fingerprint density at radius 2 is 2.20 bits per heavy atom. The molecule has 1 aliphatic rings. The Hall–Kier alpha value is -0.100. The standard InChI is InChI=1S/C9H18N2O2S.ClH/c1-2-3-7-14(12,13)11-6-4-5-9(10)8-11;/h2,9H,1,3-8,10H2;1H/t9-;/m1./s1. The van der Waals surface area contributed by atoms with Crippen LogP contribution in [0.2, 0.25) is 0 Å². The lowest BCUT2D eigenvalue weighted by atomic mass is 10.1. The van der Waals surface area contributed by atoms with Crippen molar-refractivity contribution in [2.24, 2.45) is 5.73 Å². The Bertz CT molecular complexity index is 292. The highest BCUT2D eigenvalue weighted by atomic mass is 35.5. The first kappa shape index (κ1) is 14.9. The first-order valence-electron chi connectivity index (χ1n) is 4.90. The third kappa shape index (κ3) is 4.51. The van der Waals surface area contributed by atoms with Gasteiger partial charge in [0.25, 0.3) is 0 Å². The van der Waals surface area contributed by atoms with Gasteiger partial charge in [0.05, 0.1) is 5.75 Å². The second kappa shape index (κ2) is 6.48. The molecule has 4 nitrogen and oxygen atoms in total. The van der Waals surface area contributed by atoms with Gasteiger partial charge in [-0.05, 0) is 19.3 Å². The fourth-order valence-electron chi connectivity index (χ4n) is 1.59. The van der Waals surface area contributed by atoms with Gasteiger partial charge in [0.1, 0.15) is 0 Å². The number of sulfonamides is 1. The zero-order chi connectivity index (χ0) is 10.6. The van der Waals surface area contributed by atoms with Crippen molar-refractivity contribution >= 4 is 22.4 Å². The average Bonchev–Trinajstić information content (AvgIpc) is 2.15. The Labute approximate surface area is 98.0 Å². The van der Waals surface area contributed by atoms with E-state index in [9.17, 15) is 8.42 Å². The van der Waals surface area contributed by atoms with Crippen molar-refractivity contribution in [1.29, 1.82) is 0 Å². The van der Waals surface area contributed by atoms with E-state index in [2.05, 4.69) is 6.58 Å². The summed E-state index contributed by atoms with van der Waals surface area (Å²) in [6.45, 7) is 4.61. The zero-order valence-electron chi connectivity index (χ0n) is 8.76. The van der Waals surface area contributed by atoms with Crippen LogP contribution in [0.4, 0.5) is 0 Å². The Morgan fingerprint density at radius 1 is 1.53 bits per heavy atom. The van der Waals surface area contributed by atoms with E-state index in [0.29, 0.717) is 19.5 Å². The molecule has 2 N–H and O–H groups in total. The minimum atomic E-state index is -3.10. The highest BCUT2D eigenvalue weighted by Gasteiger charge is 2.26. The molecule has 1 fully saturated rings. The van der Waals surface area contributed by atoms with Gasteiger partial charge in [-0.3, -0.25) is 0 Å². The summed E-state index contributed by atoms with van der Waals surface area (Å²) in [5, 5.41) is 0. The van der Waals surface area contributed by atoms with Crippen molar-refractivity contribution in [1.82, 2.24) is 4.31 Å². The quantitative estimate of drug-likeness (QED) is 0.753. The summed E-state index contributed by atoms with van der Waals surface area (Å²) in [6.07, 6.45) is 3.93. The lowest BCUT2D eigenvalue weighted by Gasteiger charge is -2.29. The van der Waals surface area contributed by atoms with Crippen molar-refractivity contribution in [3.63, 3.8) is 0 Å². The van der Waals surface area contributed by atoms with Crippen LogP contribution in [0.15, 0.2) is 12.7 Å². The molecule has 90 valence electrons. The fraction of sp³-hybridized carbons (Fsp3) is 0.778. The van der Waals surface area contributed by atoms with E-state index in [1.807, 2.05) is 0 Å². The van der Waals surface area contributed by atoms with Crippen molar-refractivity contribution in [3.8, 4) is 0 Å². The lowest BCUT2D eigenvalue weighted by molar-refractivity contribution is 0.316. The topological polar surface area (TPSA) is 63.4 Å². The number of halogens is 1. The summed E-state index contributed by atoms with van der Waals surface area (Å²) in [6, 6.07) is 0.00209. The highest BCUT2D eigenvalue weighted by Crippen LogP contribution is 2.13. The Morgan fingerprint density at radius 3 is 2.73 bits per heavy atom. The molecule has 0 spiro atoms. The van der Waals surface area contributed by atoms with Crippen LogP contribution < -0.4 is 5.73 Å². The van der Waals surface area contributed by atoms with Crippen LogP contribution in [0.25, 0.3) is 0 Å². The van der Waals surface area contributed by atoms with Crippen LogP contribution in [0, 0.1) is 0 Å². The van der Waals surface area contributed by atoms with Crippen molar-refractivity contribution in [3.05, 3.63) is 12.7 Å². The number of piperidine rings is 1. The van der Waals surface area contributed by atoms with E-state index in [1.165, 1.54) is 4.31 Å². The van der Waals surface area contributed by atoms with Gasteiger partial charge in [-0.1, -0.05) is 6.08 Å². The molecule has 0 saturated carbocycles. The number of nitrogens with two attached hydrogens (primary N) is 1. The molecule has 0 aliphatic carbocycles. The van der Waals surface area contributed by atoms with Crippen LogP contribution in [-0.4, -0.2) is 37.6 Å². The molecular formula is C9H19ClN2O2S. The van der Waals surface area contributed by atoms with Gasteiger partial charge >= 0.3 is 0 Å². The highest BCUT2D eigenvalue weighted by molar-refractivity contribution is 7.89. The molecule has 0 radical (unpaired) electrons. The molecule has 0 bridgehead atoms. The zero-order valence-corrected chi connectivity index (χ0v) is 10.4. The molecule has 1 saturated heterocycles. The molecule has 0 aromatic heterocycles. The summed E-state index contributed by atoms with van der Waals surface area (Å²) >= 11 is 0. The van der Waals surface area contributed by atoms with E-state index in [-0.39, 0.29) is 24.2 Å². The van der Waals surface area contributed by atoms with Gasteiger partial charge in [0.2, 0.25) is 10.0 Å². The van der Waals surface area contributed by atoms with Gasteiger partial charge in [-0.25, -0.2) is 12.7 Å². The first-order chi connectivity index (χ1) is 6.56. The van der Waals surface area contributed by atoms with Crippen LogP contribution in [0.5, 0.6) is 0 Å². The predicted molar refractivity (Wildman–Crippen MR) is 64.6 cm³/mol. The SMILES string of the molecule is C=CCCS(=O)(=O)N1CCC[C@@H](N)C1.Cl. The minimum absolute atomic E-state index is 0. The molecule has 15 heavy (non-hydrogen) atoms. The van der Waals surface area contributed by atoms with Crippen LogP contribution >= 0.6 is 12.4 Å². The van der Waals surface area contributed by atoms with Crippen molar-refractivity contribution in [2.45, 2.75) is 25.3 Å². The maximum atomic E-state index is 11.7. The number of hydrogen-bond acceptors (Lipinski definition) is 3. The molecule has 0 amide bonds. The third-order valence-corrected chi connectivity index (χ3v) is 4.26. The van der Waals surface area contributed by atoms with E-state index in [4.69, 9.17) is 5.73 Å². The molecule has 1 heterocycles. The monoisotopic (exact) mass is 254 g/mol. The summed E-state index contributed by atoms with van der Waals surface area (Å²) in [4.78, 5) is 0. The van der Waals surface area contributed by atoms with E-state index in [1.54, 1.807) is 6.08 Å². The van der Waals surface area contributed by atoms with Gasteiger partial charge in [-0.2, -0.15) is 0 Å². The van der Waals surface area contributed by atoms with Crippen LogP contribution in [0.3, 0.4) is 0 Å². The summed E-state index contributed by atoms with van der Waals surface area (Å²) in [5.41, 5.74) is 5.72. The summed E-state index contributed by atoms with van der Waals surface area (Å²) in [7, 11) is -3.10. The molecule has 1 aliphatic heterocycles. The maximum absolute atomic E-state index is 11.7. The predicted octanol–water partition coefficient (Wildman–Crippen LogP) is 0.737.